The van der Waals surface area contributed by atoms with Gasteiger partial charge in [-0.2, -0.15) is 0 Å². The number of hydrogen-bond donors (Lipinski definition) is 0. The molecule has 0 amide bonds. The number of aromatic nitrogens is 4. The lowest BCUT2D eigenvalue weighted by Crippen LogP contribution is -2.41. The van der Waals surface area contributed by atoms with E-state index in [9.17, 15) is 0 Å². The van der Waals surface area contributed by atoms with Gasteiger partial charge in [0, 0.05) is 70.3 Å². The van der Waals surface area contributed by atoms with Crippen molar-refractivity contribution in [1.82, 2.24) is 18.3 Å². The first-order valence-corrected chi connectivity index (χ1v) is 36.9. The quantitative estimate of drug-likeness (QED) is 0.141. The van der Waals surface area contributed by atoms with E-state index < -0.39 is 32.3 Å². The average Bonchev–Trinajstić information content (AvgIpc) is 1.59. The van der Waals surface area contributed by atoms with E-state index in [0.717, 1.165) is 21.3 Å². The van der Waals surface area contributed by atoms with Gasteiger partial charge in [0.25, 0.3) is 0 Å². The lowest BCUT2D eigenvalue weighted by atomic mass is 9.49. The Hall–Kier alpha value is -9.73. The maximum absolute atomic E-state index is 6.41. The fraction of sp³-hybridized carbons (Fsp3) is 0.200. The average molecular weight is 1430 g/mol. The Morgan fingerprint density at radius 2 is 0.490 bits per heavy atom. The molecular formula is C90H82B3BrN4O6. The van der Waals surface area contributed by atoms with Crippen LogP contribution in [0.2, 0.25) is 0 Å². The van der Waals surface area contributed by atoms with Crippen LogP contribution < -0.4 is 5.46 Å². The maximum Gasteiger partial charge on any atom is 0.494 e. The molecule has 10 nitrogen and oxygen atoms in total. The van der Waals surface area contributed by atoms with Gasteiger partial charge in [-0.05, 0) is 238 Å². The number of rotatable bonds is 8. The summed E-state index contributed by atoms with van der Waals surface area (Å²) in [4.78, 5) is 0. The normalized spacial score (nSPS) is 17.1. The molecule has 12 aromatic carbocycles. The Morgan fingerprint density at radius 3 is 0.817 bits per heavy atom. The number of para-hydroxylation sites is 6. The molecule has 0 spiro atoms. The minimum absolute atomic E-state index is 0.360. The molecule has 7 heterocycles. The number of halogens is 1. The second kappa shape index (κ2) is 25.3. The molecule has 0 aliphatic carbocycles. The van der Waals surface area contributed by atoms with Gasteiger partial charge in [0.05, 0.1) is 77.7 Å². The van der Waals surface area contributed by atoms with Crippen LogP contribution in [0.15, 0.2) is 284 Å². The van der Waals surface area contributed by atoms with Crippen LogP contribution in [0.4, 0.5) is 0 Å². The molecule has 0 unspecified atom stereocenters. The minimum atomic E-state index is -0.476. The molecule has 16 aromatic rings. The molecule has 0 radical (unpaired) electrons. The Morgan fingerprint density at radius 1 is 0.231 bits per heavy atom. The summed E-state index contributed by atoms with van der Waals surface area (Å²) in [6.07, 6.45) is 0. The van der Waals surface area contributed by atoms with Crippen LogP contribution in [-0.2, 0) is 27.9 Å². The summed E-state index contributed by atoms with van der Waals surface area (Å²) in [6, 6.07) is 101. The van der Waals surface area contributed by atoms with Gasteiger partial charge in [0.15, 0.2) is 0 Å². The lowest BCUT2D eigenvalue weighted by Gasteiger charge is -2.32. The van der Waals surface area contributed by atoms with Crippen LogP contribution in [0.25, 0.3) is 132 Å². The molecule has 0 N–H and O–H groups in total. The first kappa shape index (κ1) is 67.4. The Balaban J connectivity index is 0.000000126. The van der Waals surface area contributed by atoms with Crippen LogP contribution in [0, 0.1) is 0 Å². The largest absolute Gasteiger partial charge is 0.494 e. The second-order valence-electron chi connectivity index (χ2n) is 30.9. The molecule has 3 saturated heterocycles. The van der Waals surface area contributed by atoms with Gasteiger partial charge in [-0.25, -0.2) is 0 Å². The highest BCUT2D eigenvalue weighted by Gasteiger charge is 2.64. The number of hydrogen-bond acceptors (Lipinski definition) is 6. The highest BCUT2D eigenvalue weighted by Crippen LogP contribution is 2.46. The first-order chi connectivity index (χ1) is 49.9. The molecule has 0 bridgehead atoms. The van der Waals surface area contributed by atoms with Gasteiger partial charge < -0.3 is 46.2 Å². The van der Waals surface area contributed by atoms with Gasteiger partial charge in [-0.15, -0.1) is 0 Å². The van der Waals surface area contributed by atoms with Crippen molar-refractivity contribution in [2.75, 3.05) is 0 Å². The maximum atomic E-state index is 6.41. The van der Waals surface area contributed by atoms with Gasteiger partial charge in [-0.1, -0.05) is 168 Å². The molecule has 0 atom stereocenters. The number of nitrogens with zero attached hydrogens (tertiary/aromatic N) is 4. The molecule has 514 valence electrons. The van der Waals surface area contributed by atoms with Crippen molar-refractivity contribution in [2.24, 2.45) is 0 Å². The molecule has 0 saturated carbocycles. The highest BCUT2D eigenvalue weighted by molar-refractivity contribution is 9.10. The van der Waals surface area contributed by atoms with E-state index >= 15 is 0 Å². The summed E-state index contributed by atoms with van der Waals surface area (Å²) in [6.45, 7) is 24.6. The minimum Gasteiger partial charge on any atom is -0.405 e. The standard InChI is InChI=1S/C42H35BN2O2.C36H23BrN2.C12H24B2O4/c1-41(2)42(3,4)47-43(46-41)30-13-12-16-32(27-30)45-38-20-11-9-18-34(38)36-26-29(22-24-40(36)45)28-21-23-39-35(25-28)33-17-8-10-19-37(33)44(39)31-14-6-5-7-15-31;37-26-9-8-12-28(23-26)39-34-16-7-5-14-30(34)32-22-25(18-20-36(32)39)24-17-19-35-31(21-24)29-13-4-6-15-33(29)38(35)27-10-2-1-3-11-27;1-9(2)10(3,4)16-13(15-9)14-17-11(5,6)12(7,8)18-14/h5-27H,1-4H3;1-23H;1-8H3. The SMILES string of the molecule is Brc1cccc(-n2c3ccccc3c3cc(-c4ccc5c(c4)c4ccccc4n5-c4ccccc4)ccc32)c1.CC1(C)OB(B2OC(C)(C)C(C)(C)O2)OC1(C)C.CC1(C)OB(c2cccc(-n3c4ccccc4c4cc(-c5ccc6c(c5)c5ccccc5n6-c5ccccc5)ccc43)c2)OC1(C)C. The van der Waals surface area contributed by atoms with E-state index in [1.54, 1.807) is 0 Å². The summed E-state index contributed by atoms with van der Waals surface area (Å²) in [5.74, 6) is 0. The van der Waals surface area contributed by atoms with E-state index in [0.29, 0.717) is 0 Å². The summed E-state index contributed by atoms with van der Waals surface area (Å²) >= 11 is 3.66. The Bertz CT molecular complexity index is 5950. The summed E-state index contributed by atoms with van der Waals surface area (Å²) < 4.78 is 47.2. The molecule has 104 heavy (non-hydrogen) atoms. The third-order valence-electron chi connectivity index (χ3n) is 22.9. The lowest BCUT2D eigenvalue weighted by molar-refractivity contribution is 0.00578. The third-order valence-corrected chi connectivity index (χ3v) is 23.4. The number of benzene rings is 12. The fourth-order valence-corrected chi connectivity index (χ4v) is 15.7. The van der Waals surface area contributed by atoms with Crippen LogP contribution >= 0.6 is 15.9 Å². The summed E-state index contributed by atoms with van der Waals surface area (Å²) in [7, 11) is -1.37. The zero-order valence-electron chi connectivity index (χ0n) is 60.9. The first-order valence-electron chi connectivity index (χ1n) is 36.1. The third kappa shape index (κ3) is 11.4. The zero-order valence-corrected chi connectivity index (χ0v) is 62.5. The highest BCUT2D eigenvalue weighted by atomic mass is 79.9. The monoisotopic (exact) mass is 1430 g/mol. The van der Waals surface area contributed by atoms with Crippen molar-refractivity contribution in [3.8, 4) is 45.0 Å². The second-order valence-corrected chi connectivity index (χ2v) is 31.8. The Labute approximate surface area is 617 Å². The van der Waals surface area contributed by atoms with Crippen molar-refractivity contribution in [3.05, 3.63) is 284 Å². The molecule has 4 aromatic heterocycles. The summed E-state index contributed by atoms with van der Waals surface area (Å²) in [5, 5.41) is 10.0. The molecular weight excluding hydrogens is 1350 g/mol. The topological polar surface area (TPSA) is 75.1 Å². The molecule has 14 heteroatoms. The summed E-state index contributed by atoms with van der Waals surface area (Å²) in [5.41, 5.74) is 17.9. The predicted octanol–water partition coefficient (Wildman–Crippen LogP) is 22.4. The predicted molar refractivity (Wildman–Crippen MR) is 437 cm³/mol. The van der Waals surface area contributed by atoms with E-state index in [1.165, 1.54) is 121 Å². The van der Waals surface area contributed by atoms with Crippen LogP contribution in [0.3, 0.4) is 0 Å². The van der Waals surface area contributed by atoms with Crippen molar-refractivity contribution in [1.29, 1.82) is 0 Å². The van der Waals surface area contributed by atoms with E-state index in [1.807, 2.05) is 55.4 Å². The Kier molecular flexibility index (Phi) is 16.4. The van der Waals surface area contributed by atoms with E-state index in [-0.39, 0.29) is 22.4 Å². The molecule has 3 aliphatic rings. The van der Waals surface area contributed by atoms with Crippen LogP contribution in [0.5, 0.6) is 0 Å². The fourth-order valence-electron chi connectivity index (χ4n) is 15.3. The smallest absolute Gasteiger partial charge is 0.405 e. The zero-order chi connectivity index (χ0) is 71.8. The van der Waals surface area contributed by atoms with Gasteiger partial charge >= 0.3 is 21.1 Å². The van der Waals surface area contributed by atoms with Gasteiger partial charge in [-0.3, -0.25) is 0 Å². The van der Waals surface area contributed by atoms with Crippen molar-refractivity contribution in [3.63, 3.8) is 0 Å². The van der Waals surface area contributed by atoms with Crippen molar-refractivity contribution in [2.45, 2.75) is 117 Å². The molecule has 3 fully saturated rings. The van der Waals surface area contributed by atoms with E-state index in [4.69, 9.17) is 27.9 Å². The van der Waals surface area contributed by atoms with Crippen molar-refractivity contribution < 1.29 is 27.9 Å². The number of fused-ring (bicyclic) bond motifs is 12. The van der Waals surface area contributed by atoms with E-state index in [2.05, 4.69) is 341 Å². The molecule has 3 aliphatic heterocycles. The van der Waals surface area contributed by atoms with Gasteiger partial charge in [0.1, 0.15) is 0 Å². The van der Waals surface area contributed by atoms with Crippen molar-refractivity contribution >= 4 is 130 Å². The van der Waals surface area contributed by atoms with Crippen LogP contribution in [0.1, 0.15) is 83.1 Å². The molecule has 19 rings (SSSR count). The van der Waals surface area contributed by atoms with Crippen LogP contribution in [-0.4, -0.2) is 73.0 Å². The van der Waals surface area contributed by atoms with Gasteiger partial charge in [0.2, 0.25) is 0 Å².